The van der Waals surface area contributed by atoms with Crippen LogP contribution in [0.25, 0.3) is 0 Å². The first-order chi connectivity index (χ1) is 10.0. The maximum atomic E-state index is 12.5. The Morgan fingerprint density at radius 1 is 1.05 bits per heavy atom. The first-order valence-corrected chi connectivity index (χ1v) is 6.82. The standard InChI is InChI=1S/C17H17N3O/c1-17(18)16(21)20(2)14-11-7-6-10-13(14)15(19-17)12-8-4-3-5-9-12/h3-11H,18H2,1-2H3. The van der Waals surface area contributed by atoms with Crippen LogP contribution >= 0.6 is 0 Å². The molecule has 1 heterocycles. The van der Waals surface area contributed by atoms with Crippen LogP contribution in [-0.2, 0) is 4.79 Å². The van der Waals surface area contributed by atoms with Crippen LogP contribution < -0.4 is 10.6 Å². The number of rotatable bonds is 1. The Morgan fingerprint density at radius 3 is 2.38 bits per heavy atom. The number of aliphatic imine (C=N–C) groups is 1. The molecule has 1 atom stereocenters. The van der Waals surface area contributed by atoms with E-state index in [-0.39, 0.29) is 5.91 Å². The third-order valence-electron chi connectivity index (χ3n) is 3.65. The first-order valence-electron chi connectivity index (χ1n) is 6.82. The van der Waals surface area contributed by atoms with Crippen LogP contribution in [0.2, 0.25) is 0 Å². The Labute approximate surface area is 123 Å². The molecular weight excluding hydrogens is 262 g/mol. The maximum absolute atomic E-state index is 12.5. The van der Waals surface area contributed by atoms with Crippen LogP contribution in [0.1, 0.15) is 18.1 Å². The summed E-state index contributed by atoms with van der Waals surface area (Å²) in [5, 5.41) is 0. The van der Waals surface area contributed by atoms with Gasteiger partial charge in [-0.2, -0.15) is 0 Å². The highest BCUT2D eigenvalue weighted by Crippen LogP contribution is 2.29. The number of amides is 1. The molecule has 0 aromatic heterocycles. The van der Waals surface area contributed by atoms with Crippen molar-refractivity contribution < 1.29 is 4.79 Å². The Balaban J connectivity index is 2.30. The monoisotopic (exact) mass is 279 g/mol. The molecule has 4 nitrogen and oxygen atoms in total. The second-order valence-corrected chi connectivity index (χ2v) is 5.36. The molecule has 106 valence electrons. The summed E-state index contributed by atoms with van der Waals surface area (Å²) in [7, 11) is 1.73. The van der Waals surface area contributed by atoms with Crippen LogP contribution in [0.4, 0.5) is 5.69 Å². The van der Waals surface area contributed by atoms with Crippen molar-refractivity contribution in [1.29, 1.82) is 0 Å². The highest BCUT2D eigenvalue weighted by molar-refractivity contribution is 6.20. The number of likely N-dealkylation sites (N-methyl/N-ethyl adjacent to an activating group) is 1. The summed E-state index contributed by atoms with van der Waals surface area (Å²) in [5.74, 6) is -0.221. The lowest BCUT2D eigenvalue weighted by Crippen LogP contribution is -2.50. The number of para-hydroxylation sites is 1. The van der Waals surface area contributed by atoms with E-state index in [1.54, 1.807) is 18.9 Å². The van der Waals surface area contributed by atoms with Gasteiger partial charge in [0.15, 0.2) is 5.66 Å². The number of benzene rings is 2. The molecule has 0 bridgehead atoms. The van der Waals surface area contributed by atoms with Gasteiger partial charge < -0.3 is 4.90 Å². The predicted octanol–water partition coefficient (Wildman–Crippen LogP) is 2.18. The molecule has 0 spiro atoms. The summed E-state index contributed by atoms with van der Waals surface area (Å²) in [5.41, 5.74) is 8.28. The molecule has 0 saturated heterocycles. The topological polar surface area (TPSA) is 58.7 Å². The molecule has 1 amide bonds. The average molecular weight is 279 g/mol. The summed E-state index contributed by atoms with van der Waals surface area (Å²) in [6.07, 6.45) is 0. The highest BCUT2D eigenvalue weighted by Gasteiger charge is 2.36. The largest absolute Gasteiger partial charge is 0.312 e. The van der Waals surface area contributed by atoms with Crippen LogP contribution in [0.3, 0.4) is 0 Å². The molecule has 1 aliphatic rings. The summed E-state index contributed by atoms with van der Waals surface area (Å²) in [6, 6.07) is 17.5. The number of nitrogens with two attached hydrogens (primary N) is 1. The van der Waals surface area contributed by atoms with Crippen LogP contribution in [0.5, 0.6) is 0 Å². The number of nitrogens with zero attached hydrogens (tertiary/aromatic N) is 2. The Bertz CT molecular complexity index is 720. The van der Waals surface area contributed by atoms with Crippen molar-refractivity contribution in [3.63, 3.8) is 0 Å². The van der Waals surface area contributed by atoms with Crippen molar-refractivity contribution in [2.45, 2.75) is 12.6 Å². The van der Waals surface area contributed by atoms with Crippen molar-refractivity contribution >= 4 is 17.3 Å². The SMILES string of the molecule is CN1C(=O)C(C)(N)N=C(c2ccccc2)c2ccccc21. The van der Waals surface area contributed by atoms with Gasteiger partial charge in [0.1, 0.15) is 0 Å². The highest BCUT2D eigenvalue weighted by atomic mass is 16.2. The van der Waals surface area contributed by atoms with Crippen molar-refractivity contribution in [2.75, 3.05) is 11.9 Å². The molecule has 2 aromatic carbocycles. The third kappa shape index (κ3) is 2.23. The summed E-state index contributed by atoms with van der Waals surface area (Å²) >= 11 is 0. The van der Waals surface area contributed by atoms with Gasteiger partial charge in [0.25, 0.3) is 5.91 Å². The molecule has 2 aromatic rings. The minimum absolute atomic E-state index is 0.221. The van der Waals surface area contributed by atoms with Gasteiger partial charge in [-0.1, -0.05) is 48.5 Å². The summed E-state index contributed by atoms with van der Waals surface area (Å²) < 4.78 is 0. The Morgan fingerprint density at radius 2 is 1.67 bits per heavy atom. The molecule has 3 rings (SSSR count). The predicted molar refractivity (Wildman–Crippen MR) is 84.5 cm³/mol. The summed E-state index contributed by atoms with van der Waals surface area (Å²) in [4.78, 5) is 18.6. The minimum atomic E-state index is -1.28. The molecule has 0 radical (unpaired) electrons. The number of carbonyl (C=O) groups is 1. The fourth-order valence-electron chi connectivity index (χ4n) is 2.57. The normalized spacial score (nSPS) is 21.6. The van der Waals surface area contributed by atoms with E-state index in [0.29, 0.717) is 0 Å². The van der Waals surface area contributed by atoms with Crippen molar-refractivity contribution in [3.8, 4) is 0 Å². The van der Waals surface area contributed by atoms with Gasteiger partial charge in [-0.15, -0.1) is 0 Å². The fourth-order valence-corrected chi connectivity index (χ4v) is 2.57. The van der Waals surface area contributed by atoms with E-state index in [0.717, 1.165) is 22.5 Å². The number of anilines is 1. The number of hydrogen-bond donors (Lipinski definition) is 1. The van der Waals surface area contributed by atoms with Crippen molar-refractivity contribution in [3.05, 3.63) is 65.7 Å². The molecule has 2 N–H and O–H groups in total. The van der Waals surface area contributed by atoms with Gasteiger partial charge in [0.05, 0.1) is 11.4 Å². The van der Waals surface area contributed by atoms with E-state index in [1.807, 2.05) is 54.6 Å². The Hall–Kier alpha value is -2.46. The zero-order valence-electron chi connectivity index (χ0n) is 12.1. The molecule has 0 saturated carbocycles. The maximum Gasteiger partial charge on any atom is 0.268 e. The lowest BCUT2D eigenvalue weighted by molar-refractivity contribution is -0.122. The van der Waals surface area contributed by atoms with E-state index in [4.69, 9.17) is 5.73 Å². The van der Waals surface area contributed by atoms with Crippen LogP contribution in [0.15, 0.2) is 59.6 Å². The molecular formula is C17H17N3O. The summed E-state index contributed by atoms with van der Waals surface area (Å²) in [6.45, 7) is 1.64. The van der Waals surface area contributed by atoms with E-state index < -0.39 is 5.66 Å². The smallest absolute Gasteiger partial charge is 0.268 e. The third-order valence-corrected chi connectivity index (χ3v) is 3.65. The quantitative estimate of drug-likeness (QED) is 0.869. The van der Waals surface area contributed by atoms with E-state index in [2.05, 4.69) is 4.99 Å². The van der Waals surface area contributed by atoms with Gasteiger partial charge in [-0.25, -0.2) is 0 Å². The van der Waals surface area contributed by atoms with Crippen molar-refractivity contribution in [2.24, 2.45) is 10.7 Å². The van der Waals surface area contributed by atoms with Crippen LogP contribution in [0, 0.1) is 0 Å². The molecule has 1 unspecified atom stereocenters. The second-order valence-electron chi connectivity index (χ2n) is 5.36. The first kappa shape index (κ1) is 13.5. The average Bonchev–Trinajstić information content (AvgIpc) is 2.58. The van der Waals surface area contributed by atoms with Gasteiger partial charge in [-0.3, -0.25) is 15.5 Å². The molecule has 0 fully saturated rings. The van der Waals surface area contributed by atoms with Crippen LogP contribution in [-0.4, -0.2) is 24.3 Å². The molecule has 21 heavy (non-hydrogen) atoms. The number of hydrogen-bond acceptors (Lipinski definition) is 3. The van der Waals surface area contributed by atoms with E-state index >= 15 is 0 Å². The molecule has 1 aliphatic heterocycles. The number of fused-ring (bicyclic) bond motifs is 1. The molecule has 4 heteroatoms. The van der Waals surface area contributed by atoms with Crippen molar-refractivity contribution in [1.82, 2.24) is 0 Å². The lowest BCUT2D eigenvalue weighted by atomic mass is 10.0. The molecule has 0 aliphatic carbocycles. The van der Waals surface area contributed by atoms with Gasteiger partial charge in [0.2, 0.25) is 0 Å². The van der Waals surface area contributed by atoms with Gasteiger partial charge >= 0.3 is 0 Å². The fraction of sp³-hybridized carbons (Fsp3) is 0.176. The van der Waals surface area contributed by atoms with E-state index in [1.165, 1.54) is 0 Å². The zero-order chi connectivity index (χ0) is 15.0. The van der Waals surface area contributed by atoms with Gasteiger partial charge in [0, 0.05) is 18.2 Å². The zero-order valence-corrected chi connectivity index (χ0v) is 12.1. The number of carbonyl (C=O) groups excluding carboxylic acids is 1. The minimum Gasteiger partial charge on any atom is -0.312 e. The van der Waals surface area contributed by atoms with Gasteiger partial charge in [-0.05, 0) is 13.0 Å². The van der Waals surface area contributed by atoms with E-state index in [9.17, 15) is 4.79 Å². The number of benzodiazepines with no additional fused rings is 1. The Kier molecular flexibility index (Phi) is 3.11. The second kappa shape index (κ2) is 4.82. The lowest BCUT2D eigenvalue weighted by Gasteiger charge is -2.23.